The van der Waals surface area contributed by atoms with E-state index in [9.17, 15) is 9.59 Å². The molecule has 3 rings (SSSR count). The summed E-state index contributed by atoms with van der Waals surface area (Å²) in [6, 6.07) is 17.4. The third-order valence-corrected chi connectivity index (χ3v) is 5.19. The molecule has 0 saturated carbocycles. The monoisotopic (exact) mass is 396 g/mol. The highest BCUT2D eigenvalue weighted by Crippen LogP contribution is 2.26. The quantitative estimate of drug-likeness (QED) is 0.745. The minimum Gasteiger partial charge on any atom is -0.493 e. The van der Waals surface area contributed by atoms with E-state index in [0.717, 1.165) is 6.42 Å². The molecule has 1 heterocycles. The van der Waals surface area contributed by atoms with Gasteiger partial charge in [-0.05, 0) is 37.0 Å². The summed E-state index contributed by atoms with van der Waals surface area (Å²) in [5.41, 5.74) is 1.21. The van der Waals surface area contributed by atoms with Crippen LogP contribution < -0.4 is 14.8 Å². The van der Waals surface area contributed by atoms with Gasteiger partial charge in [0.25, 0.3) is 5.91 Å². The van der Waals surface area contributed by atoms with Gasteiger partial charge in [-0.2, -0.15) is 0 Å². The molecule has 0 aromatic heterocycles. The lowest BCUT2D eigenvalue weighted by Gasteiger charge is -2.31. The molecular formula is C23H28N2O4. The summed E-state index contributed by atoms with van der Waals surface area (Å²) in [6.45, 7) is 1.75. The zero-order valence-corrected chi connectivity index (χ0v) is 16.8. The molecule has 0 radical (unpaired) electrons. The maximum absolute atomic E-state index is 12.4. The summed E-state index contributed by atoms with van der Waals surface area (Å²) in [5.74, 6) is 1.13. The Hall–Kier alpha value is -3.02. The van der Waals surface area contributed by atoms with Crippen LogP contribution in [-0.2, 0) is 16.0 Å². The van der Waals surface area contributed by atoms with Crippen LogP contribution in [0.2, 0.25) is 0 Å². The van der Waals surface area contributed by atoms with E-state index in [1.54, 1.807) is 24.1 Å². The number of para-hydroxylation sites is 2. The Bertz CT molecular complexity index is 802. The summed E-state index contributed by atoms with van der Waals surface area (Å²) in [4.78, 5) is 26.6. The van der Waals surface area contributed by atoms with E-state index >= 15 is 0 Å². The van der Waals surface area contributed by atoms with Crippen LogP contribution in [-0.4, -0.2) is 50.1 Å². The molecule has 6 heteroatoms. The minimum atomic E-state index is -0.0705. The van der Waals surface area contributed by atoms with Crippen LogP contribution in [0.5, 0.6) is 11.5 Å². The van der Waals surface area contributed by atoms with E-state index in [0.29, 0.717) is 44.0 Å². The number of nitrogens with one attached hydrogen (secondary N) is 1. The second kappa shape index (κ2) is 10.5. The fraction of sp³-hybridized carbons (Fsp3) is 0.391. The minimum absolute atomic E-state index is 0.0334. The lowest BCUT2D eigenvalue weighted by atomic mass is 9.96. The number of carbonyl (C=O) groups excluding carboxylic acids is 2. The van der Waals surface area contributed by atoms with Crippen molar-refractivity contribution >= 4 is 11.8 Å². The molecule has 2 aromatic rings. The number of amides is 2. The van der Waals surface area contributed by atoms with Gasteiger partial charge in [-0.15, -0.1) is 0 Å². The van der Waals surface area contributed by atoms with Gasteiger partial charge in [-0.3, -0.25) is 9.59 Å². The Labute approximate surface area is 171 Å². The second-order valence-corrected chi connectivity index (χ2v) is 7.12. The van der Waals surface area contributed by atoms with Crippen LogP contribution in [0, 0.1) is 5.92 Å². The van der Waals surface area contributed by atoms with Crippen molar-refractivity contribution in [1.82, 2.24) is 10.2 Å². The topological polar surface area (TPSA) is 67.9 Å². The SMILES string of the molecule is COc1ccccc1OCC(=O)N1CCC(C(=O)NCCc2ccccc2)CC1. The molecule has 154 valence electrons. The molecule has 1 aliphatic rings. The van der Waals surface area contributed by atoms with Gasteiger partial charge in [0.2, 0.25) is 5.91 Å². The largest absolute Gasteiger partial charge is 0.493 e. The zero-order valence-electron chi connectivity index (χ0n) is 16.8. The Morgan fingerprint density at radius 3 is 2.34 bits per heavy atom. The zero-order chi connectivity index (χ0) is 20.5. The van der Waals surface area contributed by atoms with E-state index in [1.165, 1.54) is 5.56 Å². The highest BCUT2D eigenvalue weighted by atomic mass is 16.5. The first-order valence-corrected chi connectivity index (χ1v) is 10.0. The number of benzene rings is 2. The predicted octanol–water partition coefficient (Wildman–Crippen LogP) is 2.67. The van der Waals surface area contributed by atoms with Gasteiger partial charge >= 0.3 is 0 Å². The number of carbonyl (C=O) groups is 2. The van der Waals surface area contributed by atoms with Gasteiger partial charge in [0.15, 0.2) is 18.1 Å². The maximum Gasteiger partial charge on any atom is 0.260 e. The van der Waals surface area contributed by atoms with Crippen LogP contribution in [0.3, 0.4) is 0 Å². The molecule has 1 aliphatic heterocycles. The van der Waals surface area contributed by atoms with Gasteiger partial charge in [-0.1, -0.05) is 42.5 Å². The van der Waals surface area contributed by atoms with Gasteiger partial charge in [-0.25, -0.2) is 0 Å². The van der Waals surface area contributed by atoms with Gasteiger partial charge in [0.05, 0.1) is 7.11 Å². The summed E-state index contributed by atoms with van der Waals surface area (Å²) < 4.78 is 10.8. The van der Waals surface area contributed by atoms with Crippen LogP contribution >= 0.6 is 0 Å². The highest BCUT2D eigenvalue weighted by Gasteiger charge is 2.27. The van der Waals surface area contributed by atoms with Gasteiger partial charge in [0.1, 0.15) is 0 Å². The summed E-state index contributed by atoms with van der Waals surface area (Å²) >= 11 is 0. The van der Waals surface area contributed by atoms with Gasteiger partial charge < -0.3 is 19.7 Å². The van der Waals surface area contributed by atoms with Crippen molar-refractivity contribution in [2.45, 2.75) is 19.3 Å². The number of rotatable bonds is 8. The number of hydrogen-bond donors (Lipinski definition) is 1. The fourth-order valence-corrected chi connectivity index (χ4v) is 3.48. The first-order chi connectivity index (χ1) is 14.2. The average Bonchev–Trinajstić information content (AvgIpc) is 2.78. The molecule has 6 nitrogen and oxygen atoms in total. The molecule has 0 aliphatic carbocycles. The van der Waals surface area contributed by atoms with Crippen molar-refractivity contribution in [2.24, 2.45) is 5.92 Å². The number of piperidine rings is 1. The molecule has 1 fully saturated rings. The lowest BCUT2D eigenvalue weighted by molar-refractivity contribution is -0.137. The van der Waals surface area contributed by atoms with E-state index in [4.69, 9.17) is 9.47 Å². The van der Waals surface area contributed by atoms with E-state index in [1.807, 2.05) is 30.3 Å². The maximum atomic E-state index is 12.4. The van der Waals surface area contributed by atoms with Crippen molar-refractivity contribution in [3.8, 4) is 11.5 Å². The molecule has 1 saturated heterocycles. The molecule has 2 aromatic carbocycles. The standard InChI is InChI=1S/C23H28N2O4/c1-28-20-9-5-6-10-21(20)29-17-22(26)25-15-12-19(13-16-25)23(27)24-14-11-18-7-3-2-4-8-18/h2-10,19H,11-17H2,1H3,(H,24,27). The molecule has 2 amide bonds. The average molecular weight is 396 g/mol. The molecular weight excluding hydrogens is 368 g/mol. The Balaban J connectivity index is 1.38. The third-order valence-electron chi connectivity index (χ3n) is 5.19. The normalized spacial score (nSPS) is 14.3. The molecule has 0 bridgehead atoms. The predicted molar refractivity (Wildman–Crippen MR) is 111 cm³/mol. The Kier molecular flexibility index (Phi) is 7.50. The first-order valence-electron chi connectivity index (χ1n) is 10.0. The summed E-state index contributed by atoms with van der Waals surface area (Å²) in [6.07, 6.45) is 2.18. The molecule has 0 atom stereocenters. The van der Waals surface area contributed by atoms with Crippen molar-refractivity contribution in [1.29, 1.82) is 0 Å². The lowest BCUT2D eigenvalue weighted by Crippen LogP contribution is -2.44. The van der Waals surface area contributed by atoms with E-state index in [-0.39, 0.29) is 24.3 Å². The number of ether oxygens (including phenoxy) is 2. The van der Waals surface area contributed by atoms with Gasteiger partial charge in [0, 0.05) is 25.6 Å². The summed E-state index contributed by atoms with van der Waals surface area (Å²) in [7, 11) is 1.57. The van der Waals surface area contributed by atoms with Crippen molar-refractivity contribution in [3.05, 3.63) is 60.2 Å². The van der Waals surface area contributed by atoms with Crippen LogP contribution in [0.15, 0.2) is 54.6 Å². The molecule has 0 unspecified atom stereocenters. The van der Waals surface area contributed by atoms with Crippen LogP contribution in [0.1, 0.15) is 18.4 Å². The Morgan fingerprint density at radius 1 is 1.00 bits per heavy atom. The van der Waals surface area contributed by atoms with Crippen LogP contribution in [0.4, 0.5) is 0 Å². The van der Waals surface area contributed by atoms with Crippen molar-refractivity contribution < 1.29 is 19.1 Å². The number of nitrogens with zero attached hydrogens (tertiary/aromatic N) is 1. The second-order valence-electron chi connectivity index (χ2n) is 7.12. The Morgan fingerprint density at radius 2 is 1.66 bits per heavy atom. The smallest absolute Gasteiger partial charge is 0.260 e. The van der Waals surface area contributed by atoms with E-state index < -0.39 is 0 Å². The summed E-state index contributed by atoms with van der Waals surface area (Å²) in [5, 5.41) is 3.02. The van der Waals surface area contributed by atoms with E-state index in [2.05, 4.69) is 17.4 Å². The van der Waals surface area contributed by atoms with Crippen LogP contribution in [0.25, 0.3) is 0 Å². The number of likely N-dealkylation sites (tertiary alicyclic amines) is 1. The molecule has 0 spiro atoms. The highest BCUT2D eigenvalue weighted by molar-refractivity contribution is 5.80. The van der Waals surface area contributed by atoms with Crippen molar-refractivity contribution in [3.63, 3.8) is 0 Å². The molecule has 29 heavy (non-hydrogen) atoms. The number of hydrogen-bond acceptors (Lipinski definition) is 4. The first kappa shape index (κ1) is 20.7. The third kappa shape index (κ3) is 5.98. The van der Waals surface area contributed by atoms with Crippen molar-refractivity contribution in [2.75, 3.05) is 33.4 Å². The molecule has 1 N–H and O–H groups in total. The fourth-order valence-electron chi connectivity index (χ4n) is 3.48. The number of methoxy groups -OCH3 is 1.